The molecule has 0 saturated carbocycles. The molecular formula is C11H15NO4. The molecule has 0 aromatic carbocycles. The number of hydrogen-bond donors (Lipinski definition) is 1. The van der Waals surface area contributed by atoms with Crippen molar-refractivity contribution in [1.29, 1.82) is 0 Å². The number of aromatic carboxylic acids is 1. The fourth-order valence-corrected chi connectivity index (χ4v) is 1.20. The van der Waals surface area contributed by atoms with Crippen LogP contribution in [-0.2, 0) is 4.74 Å². The molecule has 1 heterocycles. The van der Waals surface area contributed by atoms with Crippen LogP contribution in [0.25, 0.3) is 0 Å². The van der Waals surface area contributed by atoms with Crippen molar-refractivity contribution in [3.63, 3.8) is 0 Å². The molecule has 0 unspecified atom stereocenters. The Morgan fingerprint density at radius 2 is 2.19 bits per heavy atom. The summed E-state index contributed by atoms with van der Waals surface area (Å²) in [5.41, 5.74) is -0.0470. The molecule has 0 amide bonds. The molecule has 88 valence electrons. The van der Waals surface area contributed by atoms with Gasteiger partial charge < -0.3 is 14.6 Å². The molecule has 0 saturated heterocycles. The van der Waals surface area contributed by atoms with E-state index in [0.29, 0.717) is 19.0 Å². The fourth-order valence-electron chi connectivity index (χ4n) is 1.20. The molecule has 0 atom stereocenters. The molecule has 0 radical (unpaired) electrons. The van der Waals surface area contributed by atoms with Gasteiger partial charge in [0.1, 0.15) is 0 Å². The summed E-state index contributed by atoms with van der Waals surface area (Å²) in [5, 5.41) is 8.84. The van der Waals surface area contributed by atoms with E-state index in [1.807, 2.05) is 0 Å². The Balaban J connectivity index is 2.44. The van der Waals surface area contributed by atoms with E-state index in [4.69, 9.17) is 14.6 Å². The van der Waals surface area contributed by atoms with Crippen molar-refractivity contribution in [2.45, 2.75) is 12.8 Å². The summed E-state index contributed by atoms with van der Waals surface area (Å²) in [6.07, 6.45) is 3.14. The molecule has 1 aromatic rings. The number of methoxy groups -OCH3 is 1. The number of rotatable bonds is 7. The van der Waals surface area contributed by atoms with Crippen molar-refractivity contribution >= 4 is 5.97 Å². The first-order valence-corrected chi connectivity index (χ1v) is 5.05. The molecule has 0 aliphatic heterocycles. The van der Waals surface area contributed by atoms with Gasteiger partial charge in [-0.15, -0.1) is 0 Å². The topological polar surface area (TPSA) is 68.7 Å². The average Bonchev–Trinajstić information content (AvgIpc) is 2.29. The van der Waals surface area contributed by atoms with Crippen LogP contribution in [0.3, 0.4) is 0 Å². The molecule has 1 N–H and O–H groups in total. The lowest BCUT2D eigenvalue weighted by molar-refractivity contribution is 0.0685. The maximum atomic E-state index is 10.8. The van der Waals surface area contributed by atoms with E-state index in [0.717, 1.165) is 12.8 Å². The number of carboxylic acid groups (broad SMARTS) is 1. The van der Waals surface area contributed by atoms with Gasteiger partial charge in [-0.05, 0) is 25.0 Å². The van der Waals surface area contributed by atoms with Gasteiger partial charge in [0.15, 0.2) is 11.4 Å². The Hall–Kier alpha value is -1.62. The van der Waals surface area contributed by atoms with Crippen molar-refractivity contribution in [2.75, 3.05) is 20.3 Å². The Morgan fingerprint density at radius 3 is 2.88 bits per heavy atom. The number of nitrogens with zero attached hydrogens (tertiary/aromatic N) is 1. The van der Waals surface area contributed by atoms with E-state index in [9.17, 15) is 4.79 Å². The van der Waals surface area contributed by atoms with Crippen molar-refractivity contribution in [3.05, 3.63) is 24.0 Å². The SMILES string of the molecule is COCCCCOc1cccnc1C(=O)O. The first-order chi connectivity index (χ1) is 7.75. The highest BCUT2D eigenvalue weighted by atomic mass is 16.5. The maximum Gasteiger partial charge on any atom is 0.358 e. The number of pyridine rings is 1. The zero-order valence-corrected chi connectivity index (χ0v) is 9.18. The fraction of sp³-hybridized carbons (Fsp3) is 0.455. The smallest absolute Gasteiger partial charge is 0.358 e. The molecule has 5 heteroatoms. The summed E-state index contributed by atoms with van der Waals surface area (Å²) in [6.45, 7) is 1.15. The number of unbranched alkanes of at least 4 members (excludes halogenated alkanes) is 1. The quantitative estimate of drug-likeness (QED) is 0.713. The number of ether oxygens (including phenoxy) is 2. The molecular weight excluding hydrogens is 210 g/mol. The highest BCUT2D eigenvalue weighted by Gasteiger charge is 2.11. The van der Waals surface area contributed by atoms with Gasteiger partial charge in [-0.2, -0.15) is 0 Å². The van der Waals surface area contributed by atoms with Gasteiger partial charge in [0.2, 0.25) is 0 Å². The second-order valence-electron chi connectivity index (χ2n) is 3.20. The molecule has 0 aliphatic carbocycles. The van der Waals surface area contributed by atoms with E-state index in [1.165, 1.54) is 6.20 Å². The van der Waals surface area contributed by atoms with Crippen LogP contribution in [0.5, 0.6) is 5.75 Å². The number of hydrogen-bond acceptors (Lipinski definition) is 4. The molecule has 0 fully saturated rings. The molecule has 5 nitrogen and oxygen atoms in total. The van der Waals surface area contributed by atoms with Gasteiger partial charge >= 0.3 is 5.97 Å². The van der Waals surface area contributed by atoms with Crippen LogP contribution in [0, 0.1) is 0 Å². The van der Waals surface area contributed by atoms with Crippen molar-refractivity contribution in [1.82, 2.24) is 4.98 Å². The van der Waals surface area contributed by atoms with Gasteiger partial charge in [0.25, 0.3) is 0 Å². The maximum absolute atomic E-state index is 10.8. The molecule has 0 bridgehead atoms. The average molecular weight is 225 g/mol. The standard InChI is InChI=1S/C11H15NO4/c1-15-7-2-3-8-16-9-5-4-6-12-10(9)11(13)14/h4-6H,2-3,7-8H2,1H3,(H,13,14). The van der Waals surface area contributed by atoms with Crippen LogP contribution < -0.4 is 4.74 Å². The lowest BCUT2D eigenvalue weighted by Gasteiger charge is -2.07. The number of aromatic nitrogens is 1. The summed E-state index contributed by atoms with van der Waals surface area (Å²) in [7, 11) is 1.64. The first-order valence-electron chi connectivity index (χ1n) is 5.05. The van der Waals surface area contributed by atoms with E-state index < -0.39 is 5.97 Å². The van der Waals surface area contributed by atoms with Crippen LogP contribution >= 0.6 is 0 Å². The van der Waals surface area contributed by atoms with E-state index in [1.54, 1.807) is 19.2 Å². The van der Waals surface area contributed by atoms with E-state index >= 15 is 0 Å². The third-order valence-electron chi connectivity index (χ3n) is 1.97. The predicted molar refractivity (Wildman–Crippen MR) is 57.8 cm³/mol. The summed E-state index contributed by atoms with van der Waals surface area (Å²) in [4.78, 5) is 14.5. The van der Waals surface area contributed by atoms with Gasteiger partial charge in [0.05, 0.1) is 6.61 Å². The summed E-state index contributed by atoms with van der Waals surface area (Å²) >= 11 is 0. The lowest BCUT2D eigenvalue weighted by Crippen LogP contribution is -2.06. The highest BCUT2D eigenvalue weighted by molar-refractivity contribution is 5.88. The van der Waals surface area contributed by atoms with E-state index in [2.05, 4.69) is 4.98 Å². The molecule has 0 aliphatic rings. The Bertz CT molecular complexity index is 341. The Morgan fingerprint density at radius 1 is 1.44 bits per heavy atom. The minimum Gasteiger partial charge on any atom is -0.491 e. The normalized spacial score (nSPS) is 10.1. The monoisotopic (exact) mass is 225 g/mol. The van der Waals surface area contributed by atoms with Crippen LogP contribution in [0.15, 0.2) is 18.3 Å². The third kappa shape index (κ3) is 3.86. The van der Waals surface area contributed by atoms with Crippen molar-refractivity contribution < 1.29 is 19.4 Å². The van der Waals surface area contributed by atoms with Crippen LogP contribution in [0.2, 0.25) is 0 Å². The highest BCUT2D eigenvalue weighted by Crippen LogP contribution is 2.15. The molecule has 1 aromatic heterocycles. The second kappa shape index (κ2) is 6.79. The zero-order valence-electron chi connectivity index (χ0n) is 9.18. The molecule has 16 heavy (non-hydrogen) atoms. The minimum absolute atomic E-state index is 0.0470. The van der Waals surface area contributed by atoms with Crippen molar-refractivity contribution in [2.24, 2.45) is 0 Å². The second-order valence-corrected chi connectivity index (χ2v) is 3.20. The Labute approximate surface area is 94.0 Å². The van der Waals surface area contributed by atoms with Crippen LogP contribution in [-0.4, -0.2) is 36.4 Å². The molecule has 0 spiro atoms. The van der Waals surface area contributed by atoms with E-state index in [-0.39, 0.29) is 5.69 Å². The predicted octanol–water partition coefficient (Wildman–Crippen LogP) is 1.59. The van der Waals surface area contributed by atoms with Gasteiger partial charge in [-0.1, -0.05) is 0 Å². The van der Waals surface area contributed by atoms with Gasteiger partial charge in [0, 0.05) is 19.9 Å². The summed E-state index contributed by atoms with van der Waals surface area (Å²) < 4.78 is 10.2. The van der Waals surface area contributed by atoms with Gasteiger partial charge in [-0.25, -0.2) is 9.78 Å². The first kappa shape index (κ1) is 12.4. The number of carbonyl (C=O) groups is 1. The van der Waals surface area contributed by atoms with Crippen molar-refractivity contribution in [3.8, 4) is 5.75 Å². The summed E-state index contributed by atoms with van der Waals surface area (Å²) in [6, 6.07) is 3.25. The third-order valence-corrected chi connectivity index (χ3v) is 1.97. The zero-order chi connectivity index (χ0) is 11.8. The number of carboxylic acids is 1. The summed E-state index contributed by atoms with van der Waals surface area (Å²) in [5.74, 6) is -0.764. The largest absolute Gasteiger partial charge is 0.491 e. The van der Waals surface area contributed by atoms with Crippen LogP contribution in [0.1, 0.15) is 23.3 Å². The van der Waals surface area contributed by atoms with Crippen LogP contribution in [0.4, 0.5) is 0 Å². The lowest BCUT2D eigenvalue weighted by atomic mass is 10.3. The molecule has 1 rings (SSSR count). The minimum atomic E-state index is -1.08. The Kier molecular flexibility index (Phi) is 5.28. The van der Waals surface area contributed by atoms with Gasteiger partial charge in [-0.3, -0.25) is 0 Å².